The van der Waals surface area contributed by atoms with E-state index in [4.69, 9.17) is 5.11 Å². The van der Waals surface area contributed by atoms with Gasteiger partial charge in [0.1, 0.15) is 6.61 Å². The predicted molar refractivity (Wildman–Crippen MR) is 16.8 cm³/mol. The lowest BCUT2D eigenvalue weighted by molar-refractivity contribution is -0.138. The zero-order valence-electron chi connectivity index (χ0n) is 2.92. The van der Waals surface area contributed by atoms with Crippen molar-refractivity contribution in [1.82, 2.24) is 0 Å². The number of ether oxygens (including phenoxy) is 1. The van der Waals surface area contributed by atoms with Crippen LogP contribution < -0.4 is 0 Å². The van der Waals surface area contributed by atoms with E-state index in [1.165, 1.54) is 6.61 Å². The van der Waals surface area contributed by atoms with Gasteiger partial charge >= 0.3 is 5.97 Å². The normalized spacial score (nSPS) is 29.7. The summed E-state index contributed by atoms with van der Waals surface area (Å²) in [6.07, 6.45) is -0.606. The fourth-order valence-corrected chi connectivity index (χ4v) is 0.156. The Morgan fingerprint density at radius 3 is 2.50 bits per heavy atom. The molecule has 0 saturated carbocycles. The van der Waals surface area contributed by atoms with Gasteiger partial charge in [-0.05, 0) is 0 Å². The van der Waals surface area contributed by atoms with Crippen LogP contribution in [-0.2, 0) is 9.53 Å². The van der Waals surface area contributed by atoms with Gasteiger partial charge in [-0.25, -0.2) is 4.79 Å². The second-order valence-corrected chi connectivity index (χ2v) is 1.03. The van der Waals surface area contributed by atoms with E-state index in [2.05, 4.69) is 4.74 Å². The van der Waals surface area contributed by atoms with Gasteiger partial charge in [-0.2, -0.15) is 0 Å². The Morgan fingerprint density at radius 1 is 2.00 bits per heavy atom. The summed E-state index contributed by atoms with van der Waals surface area (Å²) in [5.41, 5.74) is 0. The Labute approximate surface area is 34.5 Å². The highest BCUT2D eigenvalue weighted by molar-refractivity contribution is 5.76. The van der Waals surface area contributed by atoms with Crippen molar-refractivity contribution in [2.75, 3.05) is 0 Å². The van der Waals surface area contributed by atoms with E-state index < -0.39 is 12.1 Å². The molecule has 1 heterocycles. The molecule has 0 spiro atoms. The van der Waals surface area contributed by atoms with E-state index in [1.807, 2.05) is 0 Å². The molecule has 0 aromatic rings. The maximum atomic E-state index is 9.61. The molecule has 1 rings (SSSR count). The third kappa shape index (κ3) is 0.490. The summed E-state index contributed by atoms with van der Waals surface area (Å²) in [6, 6.07) is 0. The Bertz CT molecular complexity index is 74.1. The maximum absolute atomic E-state index is 9.61. The number of rotatable bonds is 1. The van der Waals surface area contributed by atoms with E-state index in [-0.39, 0.29) is 0 Å². The summed E-state index contributed by atoms with van der Waals surface area (Å²) in [6.45, 7) is 1.27. The second kappa shape index (κ2) is 0.944. The van der Waals surface area contributed by atoms with Gasteiger partial charge in [0, 0.05) is 0 Å². The lowest BCUT2D eigenvalue weighted by Crippen LogP contribution is -2.01. The molecule has 0 aliphatic carbocycles. The van der Waals surface area contributed by atoms with Gasteiger partial charge in [-0.3, -0.25) is 0 Å². The van der Waals surface area contributed by atoms with E-state index in [1.54, 1.807) is 0 Å². The molecule has 3 heteroatoms. The van der Waals surface area contributed by atoms with Crippen LogP contribution in [0.15, 0.2) is 0 Å². The SMILES string of the molecule is O=C(O)C1[CH]O1. The van der Waals surface area contributed by atoms with Crippen molar-refractivity contribution >= 4 is 5.97 Å². The van der Waals surface area contributed by atoms with Crippen LogP contribution in [0, 0.1) is 6.61 Å². The van der Waals surface area contributed by atoms with Crippen molar-refractivity contribution in [2.45, 2.75) is 6.10 Å². The minimum absolute atomic E-state index is 0.606. The molecule has 6 heavy (non-hydrogen) atoms. The third-order valence-electron chi connectivity index (χ3n) is 0.516. The fourth-order valence-electron chi connectivity index (χ4n) is 0.156. The van der Waals surface area contributed by atoms with Crippen molar-refractivity contribution in [1.29, 1.82) is 0 Å². The molecule has 0 amide bonds. The van der Waals surface area contributed by atoms with Gasteiger partial charge in [-0.15, -0.1) is 0 Å². The molecule has 1 unspecified atom stereocenters. The number of carboxylic acid groups (broad SMARTS) is 1. The summed E-state index contributed by atoms with van der Waals surface area (Å²) in [4.78, 5) is 9.61. The molecule has 1 atom stereocenters. The molecule has 3 nitrogen and oxygen atoms in total. The lowest BCUT2D eigenvalue weighted by Gasteiger charge is -1.72. The van der Waals surface area contributed by atoms with Gasteiger partial charge in [0.15, 0.2) is 6.10 Å². The average Bonchev–Trinajstić information content (AvgIpc) is 2.06. The summed E-state index contributed by atoms with van der Waals surface area (Å²) < 4.78 is 4.25. The highest BCUT2D eigenvalue weighted by Gasteiger charge is 2.31. The lowest BCUT2D eigenvalue weighted by atomic mass is 10.5. The van der Waals surface area contributed by atoms with Crippen LogP contribution in [0.4, 0.5) is 0 Å². The van der Waals surface area contributed by atoms with Crippen molar-refractivity contribution < 1.29 is 14.6 Å². The van der Waals surface area contributed by atoms with Crippen LogP contribution in [0.25, 0.3) is 0 Å². The standard InChI is InChI=1S/C3H3O3/c4-3(5)2-1-6-2/h1-2H,(H,4,5). The molecule has 33 valence electrons. The van der Waals surface area contributed by atoms with Gasteiger partial charge in [0.05, 0.1) is 0 Å². The van der Waals surface area contributed by atoms with Gasteiger partial charge in [-0.1, -0.05) is 0 Å². The molecule has 1 aliphatic rings. The summed E-state index contributed by atoms with van der Waals surface area (Å²) in [5, 5.41) is 7.90. The van der Waals surface area contributed by atoms with Crippen LogP contribution in [0.5, 0.6) is 0 Å². The van der Waals surface area contributed by atoms with Crippen LogP contribution in [0.2, 0.25) is 0 Å². The number of carbonyl (C=O) groups is 1. The Morgan fingerprint density at radius 2 is 2.50 bits per heavy atom. The largest absolute Gasteiger partial charge is 0.479 e. The first kappa shape index (κ1) is 3.61. The first-order valence-electron chi connectivity index (χ1n) is 1.52. The van der Waals surface area contributed by atoms with Crippen LogP contribution in [0.1, 0.15) is 0 Å². The third-order valence-corrected chi connectivity index (χ3v) is 0.516. The van der Waals surface area contributed by atoms with Gasteiger partial charge in [0.25, 0.3) is 0 Å². The number of carboxylic acids is 1. The highest BCUT2D eigenvalue weighted by Crippen LogP contribution is 2.14. The number of aliphatic carboxylic acids is 1. The van der Waals surface area contributed by atoms with E-state index >= 15 is 0 Å². The van der Waals surface area contributed by atoms with E-state index in [9.17, 15) is 4.79 Å². The molecule has 1 saturated heterocycles. The van der Waals surface area contributed by atoms with Gasteiger partial charge in [0.2, 0.25) is 0 Å². The van der Waals surface area contributed by atoms with E-state index in [0.29, 0.717) is 0 Å². The number of epoxide rings is 1. The summed E-state index contributed by atoms with van der Waals surface area (Å²) >= 11 is 0. The fraction of sp³-hybridized carbons (Fsp3) is 0.333. The van der Waals surface area contributed by atoms with Crippen LogP contribution >= 0.6 is 0 Å². The zero-order chi connectivity index (χ0) is 4.57. The smallest absolute Gasteiger partial charge is 0.335 e. The first-order chi connectivity index (χ1) is 2.80. The van der Waals surface area contributed by atoms with Crippen molar-refractivity contribution in [3.63, 3.8) is 0 Å². The second-order valence-electron chi connectivity index (χ2n) is 1.03. The quantitative estimate of drug-likeness (QED) is 0.444. The Hall–Kier alpha value is -0.570. The number of hydrogen-bond donors (Lipinski definition) is 1. The minimum Gasteiger partial charge on any atom is -0.479 e. The number of hydrogen-bond acceptors (Lipinski definition) is 2. The van der Waals surface area contributed by atoms with E-state index in [0.717, 1.165) is 0 Å². The molecule has 1 radical (unpaired) electrons. The van der Waals surface area contributed by atoms with Gasteiger partial charge < -0.3 is 9.84 Å². The molecule has 0 bridgehead atoms. The molecule has 0 aromatic heterocycles. The highest BCUT2D eigenvalue weighted by atomic mass is 16.6. The van der Waals surface area contributed by atoms with Crippen molar-refractivity contribution in [2.24, 2.45) is 0 Å². The van der Waals surface area contributed by atoms with Crippen LogP contribution in [-0.4, -0.2) is 17.2 Å². The maximum Gasteiger partial charge on any atom is 0.335 e. The predicted octanol–water partition coefficient (Wildman–Crippen LogP) is -0.368. The molecule has 0 aromatic carbocycles. The monoisotopic (exact) mass is 87.0 g/mol. The van der Waals surface area contributed by atoms with Crippen LogP contribution in [0.3, 0.4) is 0 Å². The zero-order valence-corrected chi connectivity index (χ0v) is 2.92. The van der Waals surface area contributed by atoms with Crippen molar-refractivity contribution in [3.8, 4) is 0 Å². The minimum atomic E-state index is -0.907. The molecule has 1 fully saturated rings. The Balaban J connectivity index is 2.31. The molecule has 1 aliphatic heterocycles. The molecular weight excluding hydrogens is 84.0 g/mol. The topological polar surface area (TPSA) is 49.8 Å². The Kier molecular flexibility index (Phi) is 0.569. The summed E-state index contributed by atoms with van der Waals surface area (Å²) in [5.74, 6) is -0.907. The summed E-state index contributed by atoms with van der Waals surface area (Å²) in [7, 11) is 0. The first-order valence-corrected chi connectivity index (χ1v) is 1.52. The average molecular weight is 87.1 g/mol. The molecule has 1 N–H and O–H groups in total. The molecular formula is C3H3O3. The van der Waals surface area contributed by atoms with Crippen molar-refractivity contribution in [3.05, 3.63) is 6.61 Å².